The number of hydrogen-bond donors (Lipinski definition) is 0. The minimum Gasteiger partial charge on any atom is -0.334 e. The molecule has 0 amide bonds. The van der Waals surface area contributed by atoms with Crippen LogP contribution in [0.5, 0.6) is 0 Å². The van der Waals surface area contributed by atoms with Gasteiger partial charge in [-0.3, -0.25) is 0 Å². The number of nitrogens with zero attached hydrogens (tertiary/aromatic N) is 2. The molecule has 0 N–H and O–H groups in total. The molecule has 0 unspecified atom stereocenters. The van der Waals surface area contributed by atoms with Gasteiger partial charge in [0.1, 0.15) is 0 Å². The normalized spacial score (nSPS) is 12.8. The SMILES string of the molecule is CCc1ccc(Cn2c3c(c4ccccc42)CCc2cc4ccccc4nc2-3)cc1. The summed E-state index contributed by atoms with van der Waals surface area (Å²) in [4.78, 5) is 5.16. The maximum Gasteiger partial charge on any atom is 0.0909 e. The second kappa shape index (κ2) is 6.84. The van der Waals surface area contributed by atoms with Gasteiger partial charge in [-0.15, -0.1) is 0 Å². The Labute approximate surface area is 176 Å². The van der Waals surface area contributed by atoms with Gasteiger partial charge >= 0.3 is 0 Å². The minimum absolute atomic E-state index is 0.869. The van der Waals surface area contributed by atoms with Crippen molar-refractivity contribution in [3.8, 4) is 11.4 Å². The number of rotatable bonds is 3. The molecule has 3 aromatic carbocycles. The van der Waals surface area contributed by atoms with E-state index >= 15 is 0 Å². The zero-order valence-electron chi connectivity index (χ0n) is 17.2. The zero-order chi connectivity index (χ0) is 20.1. The van der Waals surface area contributed by atoms with E-state index in [1.165, 1.54) is 44.2 Å². The third-order valence-corrected chi connectivity index (χ3v) is 6.52. The van der Waals surface area contributed by atoms with Crippen LogP contribution in [0.15, 0.2) is 78.9 Å². The van der Waals surface area contributed by atoms with Crippen molar-refractivity contribution in [2.45, 2.75) is 32.7 Å². The summed E-state index contributed by atoms with van der Waals surface area (Å²) in [5.41, 5.74) is 10.4. The van der Waals surface area contributed by atoms with Crippen molar-refractivity contribution in [3.63, 3.8) is 0 Å². The van der Waals surface area contributed by atoms with E-state index in [9.17, 15) is 0 Å². The number of hydrogen-bond acceptors (Lipinski definition) is 1. The van der Waals surface area contributed by atoms with E-state index in [1.54, 1.807) is 0 Å². The molecular formula is C28H24N2. The van der Waals surface area contributed by atoms with Crippen molar-refractivity contribution < 1.29 is 0 Å². The van der Waals surface area contributed by atoms with Gasteiger partial charge in [-0.05, 0) is 59.7 Å². The van der Waals surface area contributed by atoms with Crippen LogP contribution in [0.3, 0.4) is 0 Å². The molecule has 146 valence electrons. The maximum absolute atomic E-state index is 5.16. The molecule has 1 aliphatic carbocycles. The highest BCUT2D eigenvalue weighted by Gasteiger charge is 2.26. The van der Waals surface area contributed by atoms with Gasteiger partial charge in [-0.25, -0.2) is 4.98 Å². The lowest BCUT2D eigenvalue weighted by molar-refractivity contribution is 0.818. The Morgan fingerprint density at radius 1 is 0.833 bits per heavy atom. The lowest BCUT2D eigenvalue weighted by Gasteiger charge is -2.20. The van der Waals surface area contributed by atoms with Crippen LogP contribution in [0, 0.1) is 0 Å². The van der Waals surface area contributed by atoms with Crippen LogP contribution < -0.4 is 0 Å². The average Bonchev–Trinajstić information content (AvgIpc) is 3.12. The summed E-state index contributed by atoms with van der Waals surface area (Å²) in [6.45, 7) is 3.07. The first-order valence-corrected chi connectivity index (χ1v) is 10.9. The number of pyridine rings is 1. The van der Waals surface area contributed by atoms with Gasteiger partial charge in [-0.2, -0.15) is 0 Å². The monoisotopic (exact) mass is 388 g/mol. The maximum atomic E-state index is 5.16. The molecule has 2 heteroatoms. The summed E-state index contributed by atoms with van der Waals surface area (Å²) in [6.07, 6.45) is 3.20. The van der Waals surface area contributed by atoms with E-state index in [-0.39, 0.29) is 0 Å². The van der Waals surface area contributed by atoms with Gasteiger partial charge in [0.05, 0.1) is 16.9 Å². The van der Waals surface area contributed by atoms with Crippen molar-refractivity contribution in [1.82, 2.24) is 9.55 Å². The number of benzene rings is 3. The van der Waals surface area contributed by atoms with E-state index in [0.29, 0.717) is 0 Å². The minimum atomic E-state index is 0.869. The largest absolute Gasteiger partial charge is 0.334 e. The molecule has 6 rings (SSSR count). The first kappa shape index (κ1) is 17.5. The lowest BCUT2D eigenvalue weighted by atomic mass is 9.91. The molecule has 30 heavy (non-hydrogen) atoms. The first-order valence-electron chi connectivity index (χ1n) is 10.9. The molecule has 0 saturated heterocycles. The van der Waals surface area contributed by atoms with Crippen LogP contribution in [0.25, 0.3) is 33.2 Å². The molecular weight excluding hydrogens is 364 g/mol. The van der Waals surface area contributed by atoms with Crippen molar-refractivity contribution in [2.75, 3.05) is 0 Å². The van der Waals surface area contributed by atoms with E-state index < -0.39 is 0 Å². The van der Waals surface area contributed by atoms with E-state index in [2.05, 4.69) is 90.4 Å². The summed E-state index contributed by atoms with van der Waals surface area (Å²) < 4.78 is 2.49. The van der Waals surface area contributed by atoms with Crippen LogP contribution in [0.1, 0.15) is 29.2 Å². The van der Waals surface area contributed by atoms with Crippen molar-refractivity contribution in [1.29, 1.82) is 0 Å². The van der Waals surface area contributed by atoms with Gasteiger partial charge in [0.15, 0.2) is 0 Å². The third kappa shape index (κ3) is 2.68. The van der Waals surface area contributed by atoms with E-state index in [1.807, 2.05) is 0 Å². The summed E-state index contributed by atoms with van der Waals surface area (Å²) in [5, 5.41) is 2.61. The van der Waals surface area contributed by atoms with E-state index in [4.69, 9.17) is 4.98 Å². The molecule has 2 aromatic heterocycles. The third-order valence-electron chi connectivity index (χ3n) is 6.52. The Hall–Kier alpha value is -3.39. The van der Waals surface area contributed by atoms with E-state index in [0.717, 1.165) is 37.0 Å². The molecule has 1 aliphatic rings. The summed E-state index contributed by atoms with van der Waals surface area (Å²) >= 11 is 0. The second-order valence-corrected chi connectivity index (χ2v) is 8.29. The molecule has 2 heterocycles. The molecule has 0 radical (unpaired) electrons. The first-order chi connectivity index (χ1) is 14.8. The van der Waals surface area contributed by atoms with Crippen molar-refractivity contribution in [3.05, 3.63) is 101 Å². The van der Waals surface area contributed by atoms with Crippen LogP contribution in [-0.4, -0.2) is 9.55 Å². The highest BCUT2D eigenvalue weighted by molar-refractivity contribution is 5.94. The predicted octanol–water partition coefficient (Wildman–Crippen LogP) is 6.57. The standard InChI is InChI=1S/C28H24N2/c1-2-19-11-13-20(14-12-19)18-30-26-10-6-4-8-23(26)24-16-15-22-17-21-7-3-5-9-25(21)29-27(22)28(24)30/h3-14,17H,2,15-16,18H2,1H3. The number of para-hydroxylation sites is 2. The lowest BCUT2D eigenvalue weighted by Crippen LogP contribution is -2.10. The van der Waals surface area contributed by atoms with Crippen LogP contribution in [-0.2, 0) is 25.8 Å². The molecule has 2 nitrogen and oxygen atoms in total. The second-order valence-electron chi connectivity index (χ2n) is 8.29. The Morgan fingerprint density at radius 2 is 1.60 bits per heavy atom. The number of fused-ring (bicyclic) bond motifs is 6. The summed E-state index contributed by atoms with van der Waals surface area (Å²) in [5.74, 6) is 0. The Morgan fingerprint density at radius 3 is 2.47 bits per heavy atom. The Balaban J connectivity index is 1.59. The van der Waals surface area contributed by atoms with Crippen molar-refractivity contribution >= 4 is 21.8 Å². The van der Waals surface area contributed by atoms with Gasteiger partial charge in [0, 0.05) is 22.8 Å². The molecule has 0 aliphatic heterocycles. The van der Waals surface area contributed by atoms with Crippen LogP contribution in [0.2, 0.25) is 0 Å². The fourth-order valence-electron chi connectivity index (χ4n) is 4.94. The highest BCUT2D eigenvalue weighted by Crippen LogP contribution is 2.40. The summed E-state index contributed by atoms with van der Waals surface area (Å²) in [7, 11) is 0. The van der Waals surface area contributed by atoms with Crippen molar-refractivity contribution in [2.24, 2.45) is 0 Å². The smallest absolute Gasteiger partial charge is 0.0909 e. The van der Waals surface area contributed by atoms with Crippen LogP contribution in [0.4, 0.5) is 0 Å². The van der Waals surface area contributed by atoms with Gasteiger partial charge in [0.25, 0.3) is 0 Å². The fourth-order valence-corrected chi connectivity index (χ4v) is 4.94. The van der Waals surface area contributed by atoms with Gasteiger partial charge in [0.2, 0.25) is 0 Å². The molecule has 5 aromatic rings. The highest BCUT2D eigenvalue weighted by atomic mass is 15.0. The topological polar surface area (TPSA) is 17.8 Å². The molecule has 0 spiro atoms. The zero-order valence-corrected chi connectivity index (χ0v) is 17.2. The molecule has 0 bridgehead atoms. The quantitative estimate of drug-likeness (QED) is 0.342. The fraction of sp³-hybridized carbons (Fsp3) is 0.179. The number of aromatic nitrogens is 2. The molecule has 0 saturated carbocycles. The molecule has 0 atom stereocenters. The summed E-state index contributed by atoms with van der Waals surface area (Å²) in [6, 6.07) is 28.7. The molecule has 0 fully saturated rings. The average molecular weight is 389 g/mol. The number of aryl methyl sites for hydroxylation is 3. The Kier molecular flexibility index (Phi) is 3.98. The van der Waals surface area contributed by atoms with Gasteiger partial charge in [-0.1, -0.05) is 67.6 Å². The van der Waals surface area contributed by atoms with Gasteiger partial charge < -0.3 is 4.57 Å². The Bertz CT molecular complexity index is 1390. The van der Waals surface area contributed by atoms with Crippen LogP contribution >= 0.6 is 0 Å². The predicted molar refractivity (Wildman–Crippen MR) is 125 cm³/mol.